The summed E-state index contributed by atoms with van der Waals surface area (Å²) in [7, 11) is 0. The molecule has 2 heterocycles. The summed E-state index contributed by atoms with van der Waals surface area (Å²) < 4.78 is 7.62. The van der Waals surface area contributed by atoms with Gasteiger partial charge in [-0.3, -0.25) is 9.36 Å². The topological polar surface area (TPSA) is 60.7 Å². The van der Waals surface area contributed by atoms with Gasteiger partial charge in [0.05, 0.1) is 28.5 Å². The molecule has 1 atom stereocenters. The Labute approximate surface area is 223 Å². The van der Waals surface area contributed by atoms with Crippen molar-refractivity contribution in [3.05, 3.63) is 127 Å². The predicted octanol–water partition coefficient (Wildman–Crippen LogP) is 5.41. The van der Waals surface area contributed by atoms with Crippen molar-refractivity contribution in [2.75, 3.05) is 6.61 Å². The molecule has 0 unspecified atom stereocenters. The molecule has 0 saturated heterocycles. The summed E-state index contributed by atoms with van der Waals surface area (Å²) in [6, 6.07) is 25.9. The van der Waals surface area contributed by atoms with Crippen LogP contribution < -0.4 is 14.9 Å². The minimum atomic E-state index is -0.614. The number of rotatable bonds is 4. The van der Waals surface area contributed by atoms with Crippen LogP contribution in [0.3, 0.4) is 0 Å². The van der Waals surface area contributed by atoms with Crippen molar-refractivity contribution in [3.63, 3.8) is 0 Å². The van der Waals surface area contributed by atoms with Gasteiger partial charge in [0.15, 0.2) is 4.80 Å². The molecule has 0 fully saturated rings. The lowest BCUT2D eigenvalue weighted by Crippen LogP contribution is -2.39. The fourth-order valence-corrected chi connectivity index (χ4v) is 6.22. The molecule has 6 heteroatoms. The minimum absolute atomic E-state index is 0.175. The third kappa shape index (κ3) is 3.98. The fraction of sp³-hybridized carbons (Fsp3) is 0.156. The van der Waals surface area contributed by atoms with Gasteiger partial charge in [0.2, 0.25) is 0 Å². The highest BCUT2D eigenvalue weighted by Gasteiger charge is 2.33. The molecule has 5 nitrogen and oxygen atoms in total. The Morgan fingerprint density at radius 1 is 0.974 bits per heavy atom. The number of allylic oxidation sites excluding steroid dienone is 1. The Balaban J connectivity index is 1.64. The average molecular weight is 519 g/mol. The summed E-state index contributed by atoms with van der Waals surface area (Å²) in [5.74, 6) is -0.450. The number of benzene rings is 4. The number of carbonyl (C=O) groups excluding carboxylic acids is 1. The maximum atomic E-state index is 14.1. The predicted molar refractivity (Wildman–Crippen MR) is 153 cm³/mol. The molecule has 1 aliphatic rings. The van der Waals surface area contributed by atoms with Gasteiger partial charge in [-0.05, 0) is 65.6 Å². The minimum Gasteiger partial charge on any atom is -0.463 e. The largest absolute Gasteiger partial charge is 0.463 e. The summed E-state index contributed by atoms with van der Waals surface area (Å²) in [6.07, 6.45) is 1.98. The second-order valence-corrected chi connectivity index (χ2v) is 10.5. The van der Waals surface area contributed by atoms with E-state index < -0.39 is 12.0 Å². The summed E-state index contributed by atoms with van der Waals surface area (Å²) in [5, 5.41) is 4.39. The van der Waals surface area contributed by atoms with E-state index in [1.54, 1.807) is 11.5 Å². The number of thiazole rings is 1. The smallest absolute Gasteiger partial charge is 0.338 e. The van der Waals surface area contributed by atoms with Gasteiger partial charge in [0.1, 0.15) is 0 Å². The highest BCUT2D eigenvalue weighted by atomic mass is 32.1. The number of fused-ring (bicyclic) bond motifs is 3. The number of esters is 1. The average Bonchev–Trinajstić information content (AvgIpc) is 3.22. The van der Waals surface area contributed by atoms with Gasteiger partial charge < -0.3 is 4.74 Å². The molecular weight excluding hydrogens is 492 g/mol. The second-order valence-electron chi connectivity index (χ2n) is 9.45. The van der Waals surface area contributed by atoms with E-state index in [-0.39, 0.29) is 12.2 Å². The molecule has 0 amide bonds. The van der Waals surface area contributed by atoms with Crippen LogP contribution in [-0.4, -0.2) is 17.1 Å². The Morgan fingerprint density at radius 3 is 2.24 bits per heavy atom. The molecule has 4 aromatic carbocycles. The summed E-state index contributed by atoms with van der Waals surface area (Å²) in [4.78, 5) is 32.5. The normalized spacial score (nSPS) is 15.6. The van der Waals surface area contributed by atoms with Crippen LogP contribution in [0.4, 0.5) is 0 Å². The van der Waals surface area contributed by atoms with E-state index in [0.29, 0.717) is 20.6 Å². The molecule has 5 aromatic rings. The molecule has 0 saturated carbocycles. The molecule has 0 radical (unpaired) electrons. The van der Waals surface area contributed by atoms with Crippen molar-refractivity contribution < 1.29 is 9.53 Å². The first-order chi connectivity index (χ1) is 18.5. The van der Waals surface area contributed by atoms with Crippen LogP contribution in [0.1, 0.15) is 36.6 Å². The molecule has 0 spiro atoms. The summed E-state index contributed by atoms with van der Waals surface area (Å²) >= 11 is 1.35. The zero-order valence-electron chi connectivity index (χ0n) is 21.4. The summed E-state index contributed by atoms with van der Waals surface area (Å²) in [6.45, 7) is 5.84. The van der Waals surface area contributed by atoms with E-state index in [4.69, 9.17) is 9.73 Å². The number of hydrogen-bond acceptors (Lipinski definition) is 5. The SMILES string of the molecule is CCOC(=O)C1=C(C)N=c2s/c(=C\c3c4ccccc4cc4ccccc34)c(=O)n2[C@H]1c1ccc(C)cc1. The van der Waals surface area contributed by atoms with Crippen molar-refractivity contribution in [1.29, 1.82) is 0 Å². The van der Waals surface area contributed by atoms with Crippen LogP contribution in [0, 0.1) is 6.92 Å². The standard InChI is InChI=1S/C32H26N2O3S/c1-4-37-31(36)28-20(3)33-32-34(29(28)21-15-13-19(2)14-16-21)30(35)27(38-32)18-26-24-11-7-5-9-22(24)17-23-10-6-8-12-25(23)26/h5-18,29H,4H2,1-3H3/b27-18-/t29-/m0/s1. The van der Waals surface area contributed by atoms with E-state index >= 15 is 0 Å². The highest BCUT2D eigenvalue weighted by Crippen LogP contribution is 2.32. The lowest BCUT2D eigenvalue weighted by atomic mass is 9.95. The number of aromatic nitrogens is 1. The van der Waals surface area contributed by atoms with Crippen LogP contribution in [0.5, 0.6) is 0 Å². The molecule has 0 aliphatic carbocycles. The first kappa shape index (κ1) is 24.1. The maximum Gasteiger partial charge on any atom is 0.338 e. The third-order valence-electron chi connectivity index (χ3n) is 7.00. The Hall–Kier alpha value is -4.29. The van der Waals surface area contributed by atoms with Gasteiger partial charge in [-0.25, -0.2) is 9.79 Å². The van der Waals surface area contributed by atoms with Gasteiger partial charge in [-0.2, -0.15) is 0 Å². The molecule has 0 bridgehead atoms. The lowest BCUT2D eigenvalue weighted by molar-refractivity contribution is -0.139. The molecule has 1 aromatic heterocycles. The third-order valence-corrected chi connectivity index (χ3v) is 7.98. The van der Waals surface area contributed by atoms with Crippen LogP contribution >= 0.6 is 11.3 Å². The number of ether oxygens (including phenoxy) is 1. The van der Waals surface area contributed by atoms with Crippen LogP contribution in [0.2, 0.25) is 0 Å². The Bertz CT molecular complexity index is 1890. The van der Waals surface area contributed by atoms with Crippen LogP contribution in [0.25, 0.3) is 27.6 Å². The molecule has 38 heavy (non-hydrogen) atoms. The zero-order chi connectivity index (χ0) is 26.4. The number of aryl methyl sites for hydroxylation is 1. The van der Waals surface area contributed by atoms with Gasteiger partial charge in [0, 0.05) is 0 Å². The van der Waals surface area contributed by atoms with Gasteiger partial charge >= 0.3 is 5.97 Å². The van der Waals surface area contributed by atoms with Gasteiger partial charge in [0.25, 0.3) is 5.56 Å². The summed E-state index contributed by atoms with van der Waals surface area (Å²) in [5.41, 5.74) is 3.73. The van der Waals surface area contributed by atoms with E-state index in [1.807, 2.05) is 68.5 Å². The van der Waals surface area contributed by atoms with E-state index in [9.17, 15) is 9.59 Å². The first-order valence-electron chi connectivity index (χ1n) is 12.6. The van der Waals surface area contributed by atoms with Gasteiger partial charge in [-0.1, -0.05) is 89.7 Å². The van der Waals surface area contributed by atoms with Crippen LogP contribution in [-0.2, 0) is 9.53 Å². The molecule has 6 rings (SSSR count). The van der Waals surface area contributed by atoms with Crippen molar-refractivity contribution in [1.82, 2.24) is 4.57 Å². The fourth-order valence-electron chi connectivity index (χ4n) is 5.19. The molecule has 188 valence electrons. The first-order valence-corrected chi connectivity index (χ1v) is 13.4. The Morgan fingerprint density at radius 2 is 1.61 bits per heavy atom. The second kappa shape index (κ2) is 9.54. The highest BCUT2D eigenvalue weighted by molar-refractivity contribution is 7.07. The zero-order valence-corrected chi connectivity index (χ0v) is 22.2. The quantitative estimate of drug-likeness (QED) is 0.236. The molecular formula is C32H26N2O3S. The van der Waals surface area contributed by atoms with Crippen molar-refractivity contribution >= 4 is 44.9 Å². The maximum absolute atomic E-state index is 14.1. The van der Waals surface area contributed by atoms with Crippen molar-refractivity contribution in [3.8, 4) is 0 Å². The van der Waals surface area contributed by atoms with E-state index in [0.717, 1.165) is 38.2 Å². The van der Waals surface area contributed by atoms with E-state index in [1.165, 1.54) is 11.3 Å². The Kier molecular flexibility index (Phi) is 6.04. The number of hydrogen-bond donors (Lipinski definition) is 0. The molecule has 1 aliphatic heterocycles. The number of carbonyl (C=O) groups is 1. The van der Waals surface area contributed by atoms with Crippen molar-refractivity contribution in [2.24, 2.45) is 4.99 Å². The lowest BCUT2D eigenvalue weighted by Gasteiger charge is -2.24. The van der Waals surface area contributed by atoms with Crippen molar-refractivity contribution in [2.45, 2.75) is 26.8 Å². The monoisotopic (exact) mass is 518 g/mol. The number of nitrogens with zero attached hydrogens (tertiary/aromatic N) is 2. The van der Waals surface area contributed by atoms with Crippen LogP contribution in [0.15, 0.2) is 99.9 Å². The molecule has 0 N–H and O–H groups in total. The van der Waals surface area contributed by atoms with E-state index in [2.05, 4.69) is 30.3 Å². The van der Waals surface area contributed by atoms with Gasteiger partial charge in [-0.15, -0.1) is 0 Å².